The van der Waals surface area contributed by atoms with Gasteiger partial charge in [0.25, 0.3) is 0 Å². The van der Waals surface area contributed by atoms with Gasteiger partial charge in [-0.25, -0.2) is 8.42 Å². The molecular formula is C14H21BrN2O2S. The highest BCUT2D eigenvalue weighted by molar-refractivity contribution is 9.10. The monoisotopic (exact) mass is 360 g/mol. The van der Waals surface area contributed by atoms with Crippen LogP contribution in [0.25, 0.3) is 0 Å². The molecular weight excluding hydrogens is 340 g/mol. The number of hydrogen-bond acceptors (Lipinski definition) is 3. The first-order valence-electron chi connectivity index (χ1n) is 6.86. The van der Waals surface area contributed by atoms with Gasteiger partial charge in [0.15, 0.2) is 0 Å². The maximum atomic E-state index is 12.8. The van der Waals surface area contributed by atoms with Crippen molar-refractivity contribution >= 4 is 26.0 Å². The molecule has 1 saturated heterocycles. The van der Waals surface area contributed by atoms with Crippen LogP contribution in [0.2, 0.25) is 0 Å². The van der Waals surface area contributed by atoms with Gasteiger partial charge in [-0.2, -0.15) is 4.31 Å². The summed E-state index contributed by atoms with van der Waals surface area (Å²) in [5, 5.41) is 3.14. The van der Waals surface area contributed by atoms with Crippen LogP contribution in [0.4, 0.5) is 0 Å². The van der Waals surface area contributed by atoms with Crippen LogP contribution in [0.15, 0.2) is 27.6 Å². The first kappa shape index (κ1) is 15.9. The second-order valence-corrected chi connectivity index (χ2v) is 8.16. The predicted molar refractivity (Wildman–Crippen MR) is 84.3 cm³/mol. The van der Waals surface area contributed by atoms with Crippen LogP contribution >= 0.6 is 15.9 Å². The van der Waals surface area contributed by atoms with Crippen molar-refractivity contribution < 1.29 is 8.42 Å². The van der Waals surface area contributed by atoms with E-state index in [1.165, 1.54) is 0 Å². The van der Waals surface area contributed by atoms with E-state index in [2.05, 4.69) is 21.2 Å². The minimum atomic E-state index is -3.38. The Morgan fingerprint density at radius 3 is 2.85 bits per heavy atom. The third-order valence-corrected chi connectivity index (χ3v) is 6.25. The Morgan fingerprint density at radius 2 is 2.20 bits per heavy atom. The summed E-state index contributed by atoms with van der Waals surface area (Å²) in [7, 11) is -1.47. The highest BCUT2D eigenvalue weighted by Gasteiger charge is 2.30. The van der Waals surface area contributed by atoms with E-state index in [1.807, 2.05) is 20.0 Å². The van der Waals surface area contributed by atoms with Crippen LogP contribution in [-0.4, -0.2) is 39.4 Å². The molecule has 20 heavy (non-hydrogen) atoms. The maximum Gasteiger partial charge on any atom is 0.243 e. The summed E-state index contributed by atoms with van der Waals surface area (Å²) in [6.45, 7) is 3.94. The fourth-order valence-electron chi connectivity index (χ4n) is 2.74. The van der Waals surface area contributed by atoms with Gasteiger partial charge in [-0.3, -0.25) is 0 Å². The summed E-state index contributed by atoms with van der Waals surface area (Å²) in [5.74, 6) is 0.402. The Kier molecular flexibility index (Phi) is 5.23. The van der Waals surface area contributed by atoms with Gasteiger partial charge in [0.1, 0.15) is 0 Å². The minimum absolute atomic E-state index is 0.402. The predicted octanol–water partition coefficient (Wildman–Crippen LogP) is 2.38. The van der Waals surface area contributed by atoms with E-state index in [1.54, 1.807) is 16.4 Å². The van der Waals surface area contributed by atoms with Crippen molar-refractivity contribution in [3.63, 3.8) is 0 Å². The zero-order valence-electron chi connectivity index (χ0n) is 11.9. The van der Waals surface area contributed by atoms with Crippen LogP contribution in [0.5, 0.6) is 0 Å². The molecule has 0 aromatic heterocycles. The molecule has 6 heteroatoms. The Labute approximate surface area is 129 Å². The highest BCUT2D eigenvalue weighted by Crippen LogP contribution is 2.27. The van der Waals surface area contributed by atoms with Gasteiger partial charge in [0.05, 0.1) is 4.90 Å². The molecule has 0 amide bonds. The van der Waals surface area contributed by atoms with Gasteiger partial charge in [-0.15, -0.1) is 0 Å². The van der Waals surface area contributed by atoms with E-state index in [0.717, 1.165) is 29.4 Å². The number of piperidine rings is 1. The molecule has 0 radical (unpaired) electrons. The fourth-order valence-corrected chi connectivity index (χ4v) is 4.98. The summed E-state index contributed by atoms with van der Waals surface area (Å²) >= 11 is 3.37. The zero-order valence-corrected chi connectivity index (χ0v) is 14.3. The average molecular weight is 361 g/mol. The van der Waals surface area contributed by atoms with E-state index in [9.17, 15) is 8.42 Å². The lowest BCUT2D eigenvalue weighted by molar-refractivity contribution is 0.263. The average Bonchev–Trinajstić information content (AvgIpc) is 2.39. The number of nitrogens with zero attached hydrogens (tertiary/aromatic N) is 1. The number of aryl methyl sites for hydroxylation is 1. The molecule has 2 rings (SSSR count). The summed E-state index contributed by atoms with van der Waals surface area (Å²) in [4.78, 5) is 0.422. The molecule has 0 aliphatic carbocycles. The Balaban J connectivity index is 2.25. The quantitative estimate of drug-likeness (QED) is 0.896. The molecule has 0 spiro atoms. The van der Waals surface area contributed by atoms with Gasteiger partial charge in [0.2, 0.25) is 10.0 Å². The molecule has 1 aromatic carbocycles. The van der Waals surface area contributed by atoms with Crippen LogP contribution in [0.1, 0.15) is 18.4 Å². The molecule has 1 heterocycles. The molecule has 4 nitrogen and oxygen atoms in total. The van der Waals surface area contributed by atoms with Crippen molar-refractivity contribution in [1.82, 2.24) is 9.62 Å². The van der Waals surface area contributed by atoms with Crippen LogP contribution < -0.4 is 5.32 Å². The molecule has 1 N–H and O–H groups in total. The molecule has 1 aliphatic rings. The first-order valence-corrected chi connectivity index (χ1v) is 9.09. The summed E-state index contributed by atoms with van der Waals surface area (Å²) in [6, 6.07) is 5.33. The van der Waals surface area contributed by atoms with Crippen LogP contribution in [0.3, 0.4) is 0 Å². The normalized spacial score (nSPS) is 21.1. The zero-order chi connectivity index (χ0) is 14.8. The van der Waals surface area contributed by atoms with Crippen LogP contribution in [0, 0.1) is 12.8 Å². The van der Waals surface area contributed by atoms with Crippen molar-refractivity contribution in [1.29, 1.82) is 0 Å². The molecule has 1 atom stereocenters. The van der Waals surface area contributed by atoms with E-state index in [0.29, 0.717) is 23.9 Å². The standard InChI is InChI=1S/C14H21BrN2O2S/c1-11-8-13(15)5-6-14(11)20(18,19)17-7-3-4-12(10-17)9-16-2/h5-6,8,12,16H,3-4,7,9-10H2,1-2H3. The molecule has 1 aromatic rings. The molecule has 1 fully saturated rings. The van der Waals surface area contributed by atoms with Crippen molar-refractivity contribution in [3.8, 4) is 0 Å². The lowest BCUT2D eigenvalue weighted by Gasteiger charge is -2.32. The second kappa shape index (κ2) is 6.56. The number of rotatable bonds is 4. The number of hydrogen-bond donors (Lipinski definition) is 1. The van der Waals surface area contributed by atoms with Gasteiger partial charge in [0, 0.05) is 17.6 Å². The van der Waals surface area contributed by atoms with Gasteiger partial charge >= 0.3 is 0 Å². The van der Waals surface area contributed by atoms with E-state index in [4.69, 9.17) is 0 Å². The van der Waals surface area contributed by atoms with Gasteiger partial charge in [-0.1, -0.05) is 15.9 Å². The largest absolute Gasteiger partial charge is 0.319 e. The Bertz CT molecular complexity index is 573. The third-order valence-electron chi connectivity index (χ3n) is 3.73. The van der Waals surface area contributed by atoms with Crippen molar-refractivity contribution in [3.05, 3.63) is 28.2 Å². The summed E-state index contributed by atoms with van der Waals surface area (Å²) in [6.07, 6.45) is 2.02. The van der Waals surface area contributed by atoms with Gasteiger partial charge < -0.3 is 5.32 Å². The number of benzene rings is 1. The fraction of sp³-hybridized carbons (Fsp3) is 0.571. The van der Waals surface area contributed by atoms with Gasteiger partial charge in [-0.05, 0) is 63.0 Å². The van der Waals surface area contributed by atoms with E-state index in [-0.39, 0.29) is 0 Å². The number of halogens is 1. The molecule has 1 aliphatic heterocycles. The van der Waals surface area contributed by atoms with Crippen molar-refractivity contribution in [2.45, 2.75) is 24.7 Å². The Hall–Kier alpha value is -0.430. The topological polar surface area (TPSA) is 49.4 Å². The second-order valence-electron chi connectivity index (χ2n) is 5.34. The third kappa shape index (κ3) is 3.42. The minimum Gasteiger partial charge on any atom is -0.319 e. The molecule has 0 saturated carbocycles. The lowest BCUT2D eigenvalue weighted by Crippen LogP contribution is -2.42. The number of sulfonamides is 1. The summed E-state index contributed by atoms with van der Waals surface area (Å²) < 4.78 is 28.1. The maximum absolute atomic E-state index is 12.8. The SMILES string of the molecule is CNCC1CCCN(S(=O)(=O)c2ccc(Br)cc2C)C1. The number of nitrogens with one attached hydrogen (secondary N) is 1. The molecule has 1 unspecified atom stereocenters. The van der Waals surface area contributed by atoms with Crippen LogP contribution in [-0.2, 0) is 10.0 Å². The van der Waals surface area contributed by atoms with E-state index < -0.39 is 10.0 Å². The van der Waals surface area contributed by atoms with Crippen molar-refractivity contribution in [2.24, 2.45) is 5.92 Å². The van der Waals surface area contributed by atoms with E-state index >= 15 is 0 Å². The lowest BCUT2D eigenvalue weighted by atomic mass is 10.00. The first-order chi connectivity index (χ1) is 9.45. The molecule has 112 valence electrons. The van der Waals surface area contributed by atoms with Crippen molar-refractivity contribution in [2.75, 3.05) is 26.7 Å². The summed E-state index contributed by atoms with van der Waals surface area (Å²) in [5.41, 5.74) is 0.787. The smallest absolute Gasteiger partial charge is 0.243 e. The Morgan fingerprint density at radius 1 is 1.45 bits per heavy atom. The molecule has 0 bridgehead atoms. The highest BCUT2D eigenvalue weighted by atomic mass is 79.9.